The van der Waals surface area contributed by atoms with Crippen molar-refractivity contribution in [2.45, 2.75) is 18.1 Å². The van der Waals surface area contributed by atoms with E-state index in [-0.39, 0.29) is 5.92 Å². The number of piperidine rings is 1. The van der Waals surface area contributed by atoms with E-state index in [0.29, 0.717) is 19.5 Å². The van der Waals surface area contributed by atoms with Crippen LogP contribution in [-0.4, -0.2) is 29.1 Å². The SMILES string of the molecule is OC1(O)CCNCC1c1ccccc1. The zero-order valence-electron chi connectivity index (χ0n) is 7.98. The Morgan fingerprint density at radius 3 is 2.57 bits per heavy atom. The smallest absolute Gasteiger partial charge is 0.171 e. The van der Waals surface area contributed by atoms with Gasteiger partial charge in [0, 0.05) is 19.5 Å². The fraction of sp³-hybridized carbons (Fsp3) is 0.455. The summed E-state index contributed by atoms with van der Waals surface area (Å²) >= 11 is 0. The topological polar surface area (TPSA) is 52.5 Å². The van der Waals surface area contributed by atoms with E-state index in [1.807, 2.05) is 30.3 Å². The van der Waals surface area contributed by atoms with Gasteiger partial charge in [-0.05, 0) is 5.56 Å². The van der Waals surface area contributed by atoms with E-state index in [4.69, 9.17) is 0 Å². The Morgan fingerprint density at radius 1 is 1.21 bits per heavy atom. The molecule has 1 fully saturated rings. The molecular formula is C11H15NO2. The molecule has 3 nitrogen and oxygen atoms in total. The van der Waals surface area contributed by atoms with Crippen LogP contribution in [0.15, 0.2) is 30.3 Å². The molecule has 1 aromatic rings. The molecular weight excluding hydrogens is 178 g/mol. The summed E-state index contributed by atoms with van der Waals surface area (Å²) in [4.78, 5) is 0. The zero-order chi connectivity index (χ0) is 10.0. The number of hydrogen-bond donors (Lipinski definition) is 3. The van der Waals surface area contributed by atoms with E-state index in [1.165, 1.54) is 0 Å². The van der Waals surface area contributed by atoms with Gasteiger partial charge in [-0.15, -0.1) is 0 Å². The third-order valence-corrected chi connectivity index (χ3v) is 2.78. The second-order valence-corrected chi connectivity index (χ2v) is 3.80. The summed E-state index contributed by atoms with van der Waals surface area (Å²) in [5.41, 5.74) is 0.977. The van der Waals surface area contributed by atoms with Crippen molar-refractivity contribution < 1.29 is 10.2 Å². The van der Waals surface area contributed by atoms with Gasteiger partial charge in [0.25, 0.3) is 0 Å². The van der Waals surface area contributed by atoms with Crippen molar-refractivity contribution in [2.24, 2.45) is 0 Å². The predicted octanol–water partition coefficient (Wildman–Crippen LogP) is 0.444. The standard InChI is InChI=1S/C11H15NO2/c13-11(14)6-7-12-8-10(11)9-4-2-1-3-5-9/h1-5,10,12-14H,6-8H2. The average molecular weight is 193 g/mol. The lowest BCUT2D eigenvalue weighted by atomic mass is 9.86. The molecule has 0 radical (unpaired) electrons. The summed E-state index contributed by atoms with van der Waals surface area (Å²) in [6, 6.07) is 9.62. The van der Waals surface area contributed by atoms with Gasteiger partial charge in [0.2, 0.25) is 0 Å². The molecule has 1 saturated heterocycles. The lowest BCUT2D eigenvalue weighted by Crippen LogP contribution is -2.48. The first-order valence-corrected chi connectivity index (χ1v) is 4.90. The van der Waals surface area contributed by atoms with Crippen LogP contribution >= 0.6 is 0 Å². The van der Waals surface area contributed by atoms with Gasteiger partial charge in [-0.3, -0.25) is 0 Å². The molecule has 0 bridgehead atoms. The molecule has 1 aliphatic rings. The monoisotopic (exact) mass is 193 g/mol. The largest absolute Gasteiger partial charge is 0.365 e. The van der Waals surface area contributed by atoms with E-state index in [2.05, 4.69) is 5.32 Å². The number of nitrogens with one attached hydrogen (secondary N) is 1. The second-order valence-electron chi connectivity index (χ2n) is 3.80. The van der Waals surface area contributed by atoms with Gasteiger partial charge in [0.15, 0.2) is 5.79 Å². The molecule has 0 amide bonds. The van der Waals surface area contributed by atoms with E-state index >= 15 is 0 Å². The van der Waals surface area contributed by atoms with Gasteiger partial charge in [-0.25, -0.2) is 0 Å². The fourth-order valence-corrected chi connectivity index (χ4v) is 1.93. The minimum Gasteiger partial charge on any atom is -0.365 e. The van der Waals surface area contributed by atoms with Gasteiger partial charge < -0.3 is 15.5 Å². The molecule has 1 aromatic carbocycles. The molecule has 0 spiro atoms. The quantitative estimate of drug-likeness (QED) is 0.567. The van der Waals surface area contributed by atoms with Gasteiger partial charge in [0.1, 0.15) is 0 Å². The Morgan fingerprint density at radius 2 is 1.93 bits per heavy atom. The Kier molecular flexibility index (Phi) is 2.54. The summed E-state index contributed by atoms with van der Waals surface area (Å²) in [6.45, 7) is 1.29. The van der Waals surface area contributed by atoms with Crippen molar-refractivity contribution in [3.8, 4) is 0 Å². The molecule has 2 rings (SSSR count). The highest BCUT2D eigenvalue weighted by Gasteiger charge is 2.37. The Labute approximate surface area is 83.4 Å². The average Bonchev–Trinajstić information content (AvgIpc) is 2.18. The first kappa shape index (κ1) is 9.65. The number of hydrogen-bond acceptors (Lipinski definition) is 3. The summed E-state index contributed by atoms with van der Waals surface area (Å²) in [5, 5.41) is 22.8. The highest BCUT2D eigenvalue weighted by atomic mass is 16.5. The van der Waals surface area contributed by atoms with Crippen molar-refractivity contribution in [2.75, 3.05) is 13.1 Å². The molecule has 1 unspecified atom stereocenters. The van der Waals surface area contributed by atoms with Crippen molar-refractivity contribution in [1.29, 1.82) is 0 Å². The van der Waals surface area contributed by atoms with Crippen molar-refractivity contribution in [1.82, 2.24) is 5.32 Å². The molecule has 76 valence electrons. The molecule has 3 N–H and O–H groups in total. The van der Waals surface area contributed by atoms with E-state index in [1.54, 1.807) is 0 Å². The molecule has 14 heavy (non-hydrogen) atoms. The van der Waals surface area contributed by atoms with E-state index < -0.39 is 5.79 Å². The molecule has 1 aliphatic heterocycles. The Balaban J connectivity index is 2.24. The maximum Gasteiger partial charge on any atom is 0.171 e. The first-order valence-electron chi connectivity index (χ1n) is 4.90. The molecule has 0 aliphatic carbocycles. The van der Waals surface area contributed by atoms with Crippen LogP contribution in [-0.2, 0) is 0 Å². The van der Waals surface area contributed by atoms with Crippen LogP contribution < -0.4 is 5.32 Å². The number of benzene rings is 1. The van der Waals surface area contributed by atoms with Crippen LogP contribution in [0.3, 0.4) is 0 Å². The van der Waals surface area contributed by atoms with Crippen LogP contribution in [0.5, 0.6) is 0 Å². The van der Waals surface area contributed by atoms with Crippen molar-refractivity contribution in [3.63, 3.8) is 0 Å². The predicted molar refractivity (Wildman–Crippen MR) is 53.8 cm³/mol. The van der Waals surface area contributed by atoms with Gasteiger partial charge in [-0.2, -0.15) is 0 Å². The minimum absolute atomic E-state index is 0.225. The third-order valence-electron chi connectivity index (χ3n) is 2.78. The molecule has 0 saturated carbocycles. The van der Waals surface area contributed by atoms with Crippen LogP contribution in [0.25, 0.3) is 0 Å². The fourth-order valence-electron chi connectivity index (χ4n) is 1.93. The lowest BCUT2D eigenvalue weighted by Gasteiger charge is -2.36. The van der Waals surface area contributed by atoms with Crippen molar-refractivity contribution in [3.05, 3.63) is 35.9 Å². The van der Waals surface area contributed by atoms with E-state index in [9.17, 15) is 10.2 Å². The second kappa shape index (κ2) is 3.69. The summed E-state index contributed by atoms with van der Waals surface area (Å²) in [5.74, 6) is -1.79. The van der Waals surface area contributed by atoms with Gasteiger partial charge in [0.05, 0.1) is 5.92 Å². The Hall–Kier alpha value is -0.900. The first-order chi connectivity index (χ1) is 6.70. The van der Waals surface area contributed by atoms with Crippen LogP contribution in [0.2, 0.25) is 0 Å². The number of aliphatic hydroxyl groups is 2. The van der Waals surface area contributed by atoms with Crippen molar-refractivity contribution >= 4 is 0 Å². The molecule has 0 aromatic heterocycles. The normalized spacial score (nSPS) is 26.0. The molecule has 1 atom stereocenters. The molecule has 1 heterocycles. The van der Waals surface area contributed by atoms with Crippen LogP contribution in [0, 0.1) is 0 Å². The maximum atomic E-state index is 9.80. The zero-order valence-corrected chi connectivity index (χ0v) is 7.98. The van der Waals surface area contributed by atoms with Gasteiger partial charge >= 0.3 is 0 Å². The van der Waals surface area contributed by atoms with Crippen LogP contribution in [0.1, 0.15) is 17.9 Å². The minimum atomic E-state index is -1.56. The van der Waals surface area contributed by atoms with Crippen LogP contribution in [0.4, 0.5) is 0 Å². The highest BCUT2D eigenvalue weighted by Crippen LogP contribution is 2.30. The third kappa shape index (κ3) is 1.80. The summed E-state index contributed by atoms with van der Waals surface area (Å²) < 4.78 is 0. The van der Waals surface area contributed by atoms with E-state index in [0.717, 1.165) is 5.56 Å². The van der Waals surface area contributed by atoms with Gasteiger partial charge in [-0.1, -0.05) is 30.3 Å². The molecule has 3 heteroatoms. The lowest BCUT2D eigenvalue weighted by molar-refractivity contribution is -0.190. The summed E-state index contributed by atoms with van der Waals surface area (Å²) in [6.07, 6.45) is 0.382. The maximum absolute atomic E-state index is 9.80. The number of rotatable bonds is 1. The highest BCUT2D eigenvalue weighted by molar-refractivity contribution is 5.22. The Bertz CT molecular complexity index is 297. The summed E-state index contributed by atoms with van der Waals surface area (Å²) in [7, 11) is 0.